The van der Waals surface area contributed by atoms with Crippen molar-refractivity contribution in [1.29, 1.82) is 0 Å². The zero-order valence-corrected chi connectivity index (χ0v) is 24.6. The molecule has 224 valence electrons. The highest BCUT2D eigenvalue weighted by Crippen LogP contribution is 2.35. The fourth-order valence-corrected chi connectivity index (χ4v) is 4.36. The number of para-hydroxylation sites is 1. The van der Waals surface area contributed by atoms with E-state index >= 15 is 0 Å². The second-order valence-electron chi connectivity index (χ2n) is 9.44. The molecule has 0 fully saturated rings. The van der Waals surface area contributed by atoms with Crippen molar-refractivity contribution in [2.75, 3.05) is 56.1 Å². The number of nitrogens with zero attached hydrogens (tertiary/aromatic N) is 2. The van der Waals surface area contributed by atoms with E-state index in [9.17, 15) is 14.4 Å². The highest BCUT2D eigenvalue weighted by molar-refractivity contribution is 6.03. The van der Waals surface area contributed by atoms with Crippen molar-refractivity contribution >= 4 is 35.0 Å². The summed E-state index contributed by atoms with van der Waals surface area (Å²) in [5, 5.41) is 14.9. The molecule has 0 aliphatic carbocycles. The van der Waals surface area contributed by atoms with E-state index < -0.39 is 5.97 Å². The summed E-state index contributed by atoms with van der Waals surface area (Å²) in [6.07, 6.45) is -0.0108. The number of carboxylic acids is 1. The molecule has 0 aromatic heterocycles. The monoisotopic (exact) mass is 578 g/mol. The molecule has 0 saturated carbocycles. The van der Waals surface area contributed by atoms with E-state index in [1.165, 1.54) is 14.0 Å². The summed E-state index contributed by atoms with van der Waals surface area (Å²) in [6.45, 7) is 4.57. The van der Waals surface area contributed by atoms with E-state index in [4.69, 9.17) is 19.3 Å². The van der Waals surface area contributed by atoms with E-state index in [2.05, 4.69) is 10.6 Å². The van der Waals surface area contributed by atoms with Gasteiger partial charge in [-0.25, -0.2) is 4.79 Å². The van der Waals surface area contributed by atoms with Crippen LogP contribution in [0.15, 0.2) is 60.7 Å². The van der Waals surface area contributed by atoms with Crippen LogP contribution in [0.5, 0.6) is 17.2 Å². The average molecular weight is 579 g/mol. The topological polar surface area (TPSA) is 130 Å². The first kappa shape index (κ1) is 31.8. The Morgan fingerprint density at radius 1 is 0.833 bits per heavy atom. The number of ether oxygens (including phenoxy) is 3. The van der Waals surface area contributed by atoms with Crippen LogP contribution in [0.1, 0.15) is 24.5 Å². The molecular formula is C31H38N4O7. The van der Waals surface area contributed by atoms with Gasteiger partial charge in [-0.05, 0) is 48.4 Å². The maximum atomic E-state index is 13.8. The molecule has 0 radical (unpaired) electrons. The van der Waals surface area contributed by atoms with Crippen LogP contribution in [-0.4, -0.2) is 64.0 Å². The summed E-state index contributed by atoms with van der Waals surface area (Å²) in [4.78, 5) is 40.2. The minimum atomic E-state index is -0.893. The third-order valence-corrected chi connectivity index (χ3v) is 6.59. The van der Waals surface area contributed by atoms with Crippen molar-refractivity contribution in [1.82, 2.24) is 5.32 Å². The van der Waals surface area contributed by atoms with Gasteiger partial charge in [0.2, 0.25) is 5.91 Å². The number of methoxy groups -OCH3 is 3. The molecule has 0 atom stereocenters. The van der Waals surface area contributed by atoms with Crippen LogP contribution in [0.4, 0.5) is 21.9 Å². The van der Waals surface area contributed by atoms with Crippen LogP contribution < -0.4 is 34.6 Å². The number of aliphatic carboxylic acids is 1. The number of hydrogen-bond acceptors (Lipinski definition) is 7. The van der Waals surface area contributed by atoms with Crippen LogP contribution in [0.3, 0.4) is 0 Å². The van der Waals surface area contributed by atoms with Crippen molar-refractivity contribution < 1.29 is 33.7 Å². The van der Waals surface area contributed by atoms with Gasteiger partial charge < -0.3 is 34.9 Å². The molecular weight excluding hydrogens is 540 g/mol. The molecule has 3 aromatic carbocycles. The van der Waals surface area contributed by atoms with Crippen LogP contribution in [0.25, 0.3) is 0 Å². The highest BCUT2D eigenvalue weighted by Gasteiger charge is 2.23. The predicted molar refractivity (Wildman–Crippen MR) is 162 cm³/mol. The van der Waals surface area contributed by atoms with E-state index in [0.717, 1.165) is 11.1 Å². The number of benzene rings is 3. The predicted octanol–water partition coefficient (Wildman–Crippen LogP) is 4.68. The number of carbonyl (C=O) groups is 3. The van der Waals surface area contributed by atoms with Crippen molar-refractivity contribution in [3.63, 3.8) is 0 Å². The molecule has 0 heterocycles. The Bertz CT molecular complexity index is 1400. The molecule has 11 heteroatoms. The van der Waals surface area contributed by atoms with Gasteiger partial charge in [0.25, 0.3) is 0 Å². The molecule has 42 heavy (non-hydrogen) atoms. The van der Waals surface area contributed by atoms with Gasteiger partial charge in [0.15, 0.2) is 11.5 Å². The highest BCUT2D eigenvalue weighted by atomic mass is 16.5. The third kappa shape index (κ3) is 8.37. The number of nitrogens with one attached hydrogen (secondary N) is 2. The van der Waals surface area contributed by atoms with E-state index in [1.54, 1.807) is 48.3 Å². The number of rotatable bonds is 14. The molecule has 3 amide bonds. The quantitative estimate of drug-likeness (QED) is 0.235. The lowest BCUT2D eigenvalue weighted by atomic mass is 10.1. The van der Waals surface area contributed by atoms with Crippen molar-refractivity contribution in [2.24, 2.45) is 0 Å². The molecule has 0 saturated heterocycles. The second kappa shape index (κ2) is 15.3. The largest absolute Gasteiger partial charge is 0.494 e. The van der Waals surface area contributed by atoms with Gasteiger partial charge in [0.05, 0.1) is 40.0 Å². The van der Waals surface area contributed by atoms with Gasteiger partial charge in [0, 0.05) is 44.0 Å². The van der Waals surface area contributed by atoms with E-state index in [1.807, 2.05) is 43.3 Å². The lowest BCUT2D eigenvalue weighted by Gasteiger charge is -2.28. The zero-order valence-electron chi connectivity index (χ0n) is 24.6. The Hall–Kier alpha value is -4.77. The Balaban J connectivity index is 1.96. The Morgan fingerprint density at radius 2 is 1.55 bits per heavy atom. The standard InChI is InChI=1S/C31H38N4O7/c1-21-8-6-7-9-25(21)33-31(39)35(20-23-10-13-27(40-3)29(18-23)42-5)26-12-11-24(19-28(26)41-4)34(22(2)36)17-16-32-15-14-30(37)38/h6-13,18-19,32H,14-17,20H2,1-5H3,(H,33,39)(H,37,38). The number of carbonyl (C=O) groups excluding carboxylic acids is 2. The van der Waals surface area contributed by atoms with Crippen molar-refractivity contribution in [2.45, 2.75) is 26.8 Å². The van der Waals surface area contributed by atoms with E-state index in [-0.39, 0.29) is 24.9 Å². The number of anilines is 3. The Labute approximate surface area is 246 Å². The normalized spacial score (nSPS) is 10.5. The molecule has 3 rings (SSSR count). The van der Waals surface area contributed by atoms with Crippen molar-refractivity contribution in [3.05, 3.63) is 71.8 Å². The van der Waals surface area contributed by atoms with Crippen LogP contribution in [-0.2, 0) is 16.1 Å². The molecule has 0 spiro atoms. The lowest BCUT2D eigenvalue weighted by molar-refractivity contribution is -0.136. The SMILES string of the molecule is COc1ccc(CN(C(=O)Nc2ccccc2C)c2ccc(N(CCNCCC(=O)O)C(C)=O)cc2OC)cc1OC. The summed E-state index contributed by atoms with van der Waals surface area (Å²) in [6, 6.07) is 17.7. The number of urea groups is 1. The summed E-state index contributed by atoms with van der Waals surface area (Å²) in [5.74, 6) is 0.407. The first-order chi connectivity index (χ1) is 20.2. The minimum Gasteiger partial charge on any atom is -0.494 e. The maximum absolute atomic E-state index is 13.8. The number of aryl methyl sites for hydroxylation is 1. The maximum Gasteiger partial charge on any atom is 0.326 e. The van der Waals surface area contributed by atoms with Gasteiger partial charge in [-0.1, -0.05) is 24.3 Å². The number of carboxylic acid groups (broad SMARTS) is 1. The number of hydrogen-bond donors (Lipinski definition) is 3. The summed E-state index contributed by atoms with van der Waals surface area (Å²) < 4.78 is 16.6. The van der Waals surface area contributed by atoms with Crippen LogP contribution in [0, 0.1) is 6.92 Å². The molecule has 11 nitrogen and oxygen atoms in total. The smallest absolute Gasteiger partial charge is 0.326 e. The molecule has 3 aromatic rings. The van der Waals surface area contributed by atoms with Gasteiger partial charge in [0.1, 0.15) is 5.75 Å². The first-order valence-electron chi connectivity index (χ1n) is 13.4. The summed E-state index contributed by atoms with van der Waals surface area (Å²) >= 11 is 0. The van der Waals surface area contributed by atoms with Gasteiger partial charge in [-0.3, -0.25) is 14.5 Å². The van der Waals surface area contributed by atoms with Gasteiger partial charge >= 0.3 is 12.0 Å². The zero-order chi connectivity index (χ0) is 30.6. The molecule has 0 bridgehead atoms. The first-order valence-corrected chi connectivity index (χ1v) is 13.4. The molecule has 3 N–H and O–H groups in total. The van der Waals surface area contributed by atoms with Crippen molar-refractivity contribution in [3.8, 4) is 17.2 Å². The molecule has 0 aliphatic rings. The second-order valence-corrected chi connectivity index (χ2v) is 9.44. The van der Waals surface area contributed by atoms with Gasteiger partial charge in [-0.15, -0.1) is 0 Å². The molecule has 0 aliphatic heterocycles. The third-order valence-electron chi connectivity index (χ3n) is 6.59. The summed E-state index contributed by atoms with van der Waals surface area (Å²) in [5.41, 5.74) is 3.44. The minimum absolute atomic E-state index is 0.0108. The fraction of sp³-hybridized carbons (Fsp3) is 0.323. The number of amides is 3. The lowest BCUT2D eigenvalue weighted by Crippen LogP contribution is -2.36. The average Bonchev–Trinajstić information content (AvgIpc) is 2.98. The van der Waals surface area contributed by atoms with Crippen LogP contribution >= 0.6 is 0 Å². The van der Waals surface area contributed by atoms with Crippen LogP contribution in [0.2, 0.25) is 0 Å². The Kier molecular flexibility index (Phi) is 11.6. The Morgan fingerprint density at radius 3 is 2.19 bits per heavy atom. The molecule has 0 unspecified atom stereocenters. The summed E-state index contributed by atoms with van der Waals surface area (Å²) in [7, 11) is 4.61. The fourth-order valence-electron chi connectivity index (χ4n) is 4.36. The van der Waals surface area contributed by atoms with Gasteiger partial charge in [-0.2, -0.15) is 0 Å². The van der Waals surface area contributed by atoms with E-state index in [0.29, 0.717) is 53.9 Å².